The molecule has 1 saturated heterocycles. The van der Waals surface area contributed by atoms with Crippen LogP contribution in [0.25, 0.3) is 0 Å². The van der Waals surface area contributed by atoms with Crippen molar-refractivity contribution < 1.29 is 4.79 Å². The molecular formula is C15H26N2O. The van der Waals surface area contributed by atoms with Gasteiger partial charge in [0.25, 0.3) is 0 Å². The molecule has 0 aliphatic carbocycles. The Bertz CT molecular complexity index is 336. The summed E-state index contributed by atoms with van der Waals surface area (Å²) in [5, 5.41) is 0. The van der Waals surface area contributed by atoms with Crippen LogP contribution in [0.5, 0.6) is 0 Å². The van der Waals surface area contributed by atoms with Gasteiger partial charge in [-0.3, -0.25) is 4.79 Å². The molecule has 3 nitrogen and oxygen atoms in total. The quantitative estimate of drug-likeness (QED) is 0.716. The molecule has 1 aliphatic rings. The Labute approximate surface area is 111 Å². The Morgan fingerprint density at radius 2 is 1.56 bits per heavy atom. The van der Waals surface area contributed by atoms with Gasteiger partial charge < -0.3 is 9.80 Å². The smallest absolute Gasteiger partial charge is 0.219 e. The maximum Gasteiger partial charge on any atom is 0.219 e. The van der Waals surface area contributed by atoms with Crippen LogP contribution in [0.15, 0.2) is 23.4 Å². The van der Waals surface area contributed by atoms with Crippen LogP contribution in [0.2, 0.25) is 0 Å². The lowest BCUT2D eigenvalue weighted by molar-refractivity contribution is -0.130. The van der Waals surface area contributed by atoms with Crippen molar-refractivity contribution in [3.05, 3.63) is 23.4 Å². The fourth-order valence-electron chi connectivity index (χ4n) is 2.08. The second kappa shape index (κ2) is 7.24. The van der Waals surface area contributed by atoms with Gasteiger partial charge in [-0.25, -0.2) is 0 Å². The summed E-state index contributed by atoms with van der Waals surface area (Å²) in [5.41, 5.74) is 2.78. The highest BCUT2D eigenvalue weighted by molar-refractivity contribution is 5.73. The average Bonchev–Trinajstić information content (AvgIpc) is 2.38. The topological polar surface area (TPSA) is 23.6 Å². The van der Waals surface area contributed by atoms with Crippen molar-refractivity contribution in [3.63, 3.8) is 0 Å². The van der Waals surface area contributed by atoms with Crippen LogP contribution in [0.3, 0.4) is 0 Å². The summed E-state index contributed by atoms with van der Waals surface area (Å²) in [7, 11) is 0. The van der Waals surface area contributed by atoms with Gasteiger partial charge in [0.2, 0.25) is 5.91 Å². The maximum absolute atomic E-state index is 11.2. The molecule has 0 atom stereocenters. The van der Waals surface area contributed by atoms with Gasteiger partial charge in [0.15, 0.2) is 0 Å². The van der Waals surface area contributed by atoms with E-state index >= 15 is 0 Å². The van der Waals surface area contributed by atoms with Gasteiger partial charge in [0, 0.05) is 38.8 Å². The minimum absolute atomic E-state index is 0.192. The minimum atomic E-state index is 0.192. The summed E-state index contributed by atoms with van der Waals surface area (Å²) in [5.74, 6) is 0.192. The zero-order chi connectivity index (χ0) is 13.5. The number of hydrogen-bond acceptors (Lipinski definition) is 2. The summed E-state index contributed by atoms with van der Waals surface area (Å²) in [6, 6.07) is 0. The minimum Gasteiger partial charge on any atom is -0.372 e. The normalized spacial score (nSPS) is 18.2. The molecule has 1 heterocycles. The molecule has 1 rings (SSSR count). The lowest BCUT2D eigenvalue weighted by Gasteiger charge is -2.36. The van der Waals surface area contributed by atoms with Gasteiger partial charge >= 0.3 is 0 Å². The molecule has 3 heteroatoms. The average molecular weight is 250 g/mol. The van der Waals surface area contributed by atoms with Gasteiger partial charge in [0.05, 0.1) is 0 Å². The van der Waals surface area contributed by atoms with Gasteiger partial charge in [-0.15, -0.1) is 0 Å². The van der Waals surface area contributed by atoms with E-state index in [0.717, 1.165) is 39.0 Å². The highest BCUT2D eigenvalue weighted by Gasteiger charge is 2.17. The fourth-order valence-corrected chi connectivity index (χ4v) is 2.08. The Morgan fingerprint density at radius 3 is 2.06 bits per heavy atom. The number of carbonyl (C=O) groups excluding carboxylic acids is 1. The molecule has 0 spiro atoms. The Balaban J connectivity index is 2.42. The van der Waals surface area contributed by atoms with E-state index in [1.54, 1.807) is 6.92 Å². The van der Waals surface area contributed by atoms with Crippen molar-refractivity contribution >= 4 is 5.91 Å². The van der Waals surface area contributed by atoms with Crippen LogP contribution in [0.1, 0.15) is 40.5 Å². The fraction of sp³-hybridized carbons (Fsp3) is 0.667. The summed E-state index contributed by atoms with van der Waals surface area (Å²) in [4.78, 5) is 15.5. The molecule has 102 valence electrons. The molecule has 18 heavy (non-hydrogen) atoms. The van der Waals surface area contributed by atoms with Crippen LogP contribution in [0.4, 0.5) is 0 Å². The molecule has 0 aromatic carbocycles. The van der Waals surface area contributed by atoms with Gasteiger partial charge in [-0.05, 0) is 26.7 Å². The first-order valence-corrected chi connectivity index (χ1v) is 6.87. The van der Waals surface area contributed by atoms with E-state index in [2.05, 4.69) is 37.8 Å². The molecule has 0 aromatic rings. The first-order valence-electron chi connectivity index (χ1n) is 6.87. The highest BCUT2D eigenvalue weighted by atomic mass is 16.2. The predicted molar refractivity (Wildman–Crippen MR) is 76.2 cm³/mol. The first-order chi connectivity index (χ1) is 8.54. The van der Waals surface area contributed by atoms with Gasteiger partial charge in [0.1, 0.15) is 0 Å². The third-order valence-corrected chi connectivity index (χ3v) is 3.66. The number of piperazine rings is 1. The third-order valence-electron chi connectivity index (χ3n) is 3.66. The second-order valence-electron chi connectivity index (χ2n) is 4.98. The number of allylic oxidation sites excluding steroid dienone is 4. The summed E-state index contributed by atoms with van der Waals surface area (Å²) < 4.78 is 0. The van der Waals surface area contributed by atoms with E-state index in [0.29, 0.717) is 0 Å². The first kappa shape index (κ1) is 14.8. The van der Waals surface area contributed by atoms with Crippen molar-refractivity contribution in [2.24, 2.45) is 0 Å². The van der Waals surface area contributed by atoms with Crippen LogP contribution >= 0.6 is 0 Å². The monoisotopic (exact) mass is 250 g/mol. The molecule has 1 amide bonds. The highest BCUT2D eigenvalue weighted by Crippen LogP contribution is 2.11. The molecule has 0 N–H and O–H groups in total. The molecule has 0 saturated carbocycles. The van der Waals surface area contributed by atoms with E-state index in [9.17, 15) is 4.79 Å². The van der Waals surface area contributed by atoms with Crippen LogP contribution in [0, 0.1) is 0 Å². The lowest BCUT2D eigenvalue weighted by atomic mass is 10.2. The third kappa shape index (κ3) is 4.55. The van der Waals surface area contributed by atoms with E-state index in [-0.39, 0.29) is 5.91 Å². The number of carbonyl (C=O) groups is 1. The van der Waals surface area contributed by atoms with Crippen molar-refractivity contribution in [1.29, 1.82) is 0 Å². The zero-order valence-electron chi connectivity index (χ0n) is 12.2. The number of nitrogens with zero attached hydrogens (tertiary/aromatic N) is 2. The molecule has 0 radical (unpaired) electrons. The maximum atomic E-state index is 11.2. The summed E-state index contributed by atoms with van der Waals surface area (Å²) >= 11 is 0. The van der Waals surface area contributed by atoms with Crippen LogP contribution < -0.4 is 0 Å². The summed E-state index contributed by atoms with van der Waals surface area (Å²) in [6.07, 6.45) is 6.71. The van der Waals surface area contributed by atoms with Crippen LogP contribution in [-0.4, -0.2) is 41.9 Å². The van der Waals surface area contributed by atoms with Gasteiger partial charge in [-0.1, -0.05) is 24.6 Å². The van der Waals surface area contributed by atoms with E-state index < -0.39 is 0 Å². The number of amides is 1. The molecule has 0 aromatic heterocycles. The predicted octanol–water partition coefficient (Wildman–Crippen LogP) is 2.80. The van der Waals surface area contributed by atoms with E-state index in [1.807, 2.05) is 4.90 Å². The standard InChI is InChI=1S/C15H26N2O/c1-5-13(2)7-6-8-14(3)16-9-11-17(12-10-16)15(4)18/h7-8H,5-6,9-12H2,1-4H3/b13-7-,14-8+. The van der Waals surface area contributed by atoms with Crippen LogP contribution in [-0.2, 0) is 4.79 Å². The lowest BCUT2D eigenvalue weighted by Crippen LogP contribution is -2.47. The number of rotatable bonds is 4. The van der Waals surface area contributed by atoms with Gasteiger partial charge in [-0.2, -0.15) is 0 Å². The Kier molecular flexibility index (Phi) is 5.96. The second-order valence-corrected chi connectivity index (χ2v) is 4.98. The van der Waals surface area contributed by atoms with Crippen molar-refractivity contribution in [2.45, 2.75) is 40.5 Å². The SMILES string of the molecule is CC/C(C)=C\C/C=C(\C)N1CCN(C(C)=O)CC1. The molecule has 1 aliphatic heterocycles. The molecule has 0 unspecified atom stereocenters. The number of hydrogen-bond donors (Lipinski definition) is 0. The zero-order valence-corrected chi connectivity index (χ0v) is 12.2. The van der Waals surface area contributed by atoms with Crippen molar-refractivity contribution in [3.8, 4) is 0 Å². The molecular weight excluding hydrogens is 224 g/mol. The Hall–Kier alpha value is -1.25. The molecule has 0 bridgehead atoms. The largest absolute Gasteiger partial charge is 0.372 e. The Morgan fingerprint density at radius 1 is 1.00 bits per heavy atom. The van der Waals surface area contributed by atoms with E-state index in [4.69, 9.17) is 0 Å². The van der Waals surface area contributed by atoms with Crippen molar-refractivity contribution in [2.75, 3.05) is 26.2 Å². The molecule has 1 fully saturated rings. The van der Waals surface area contributed by atoms with Crippen molar-refractivity contribution in [1.82, 2.24) is 9.80 Å². The summed E-state index contributed by atoms with van der Waals surface area (Å²) in [6.45, 7) is 11.8. The van der Waals surface area contributed by atoms with E-state index in [1.165, 1.54) is 11.3 Å².